The van der Waals surface area contributed by atoms with Crippen LogP contribution in [0.3, 0.4) is 0 Å². The van der Waals surface area contributed by atoms with Crippen LogP contribution in [0.1, 0.15) is 52.1 Å². The summed E-state index contributed by atoms with van der Waals surface area (Å²) in [6.45, 7) is 11.1. The van der Waals surface area contributed by atoms with Crippen molar-refractivity contribution in [2.75, 3.05) is 18.0 Å². The third kappa shape index (κ3) is 3.74. The number of benzene rings is 1. The van der Waals surface area contributed by atoms with E-state index in [1.54, 1.807) is 0 Å². The monoisotopic (exact) mass is 248 g/mol. The second kappa shape index (κ2) is 7.42. The Morgan fingerprint density at radius 1 is 1.11 bits per heavy atom. The van der Waals surface area contributed by atoms with Crippen LogP contribution in [-0.2, 0) is 0 Å². The van der Waals surface area contributed by atoms with Gasteiger partial charge in [-0.2, -0.15) is 0 Å². The van der Waals surface area contributed by atoms with E-state index in [4.69, 9.17) is 5.73 Å². The molecule has 0 bridgehead atoms. The van der Waals surface area contributed by atoms with Crippen molar-refractivity contribution >= 4 is 5.69 Å². The molecule has 0 spiro atoms. The van der Waals surface area contributed by atoms with Gasteiger partial charge in [-0.05, 0) is 30.9 Å². The van der Waals surface area contributed by atoms with E-state index in [1.165, 1.54) is 17.7 Å². The van der Waals surface area contributed by atoms with Crippen LogP contribution in [0.5, 0.6) is 0 Å². The molecule has 2 nitrogen and oxygen atoms in total. The number of hydrogen-bond donors (Lipinski definition) is 1. The highest BCUT2D eigenvalue weighted by Crippen LogP contribution is 2.27. The van der Waals surface area contributed by atoms with E-state index < -0.39 is 0 Å². The molecular formula is C16H28N2. The lowest BCUT2D eigenvalue weighted by molar-refractivity contribution is 0.545. The minimum atomic E-state index is 0.146. The Balaban J connectivity index is 2.97. The molecule has 0 radical (unpaired) electrons. The Hall–Kier alpha value is -1.02. The van der Waals surface area contributed by atoms with Crippen LogP contribution in [0.4, 0.5) is 5.69 Å². The SMILES string of the molecule is CCC(C)CN(CC)c1ccccc1[C@@H](N)CC. The highest BCUT2D eigenvalue weighted by atomic mass is 15.1. The van der Waals surface area contributed by atoms with Crippen LogP contribution in [-0.4, -0.2) is 13.1 Å². The Morgan fingerprint density at radius 3 is 2.33 bits per heavy atom. The largest absolute Gasteiger partial charge is 0.371 e. The zero-order chi connectivity index (χ0) is 13.5. The Labute approximate surface area is 112 Å². The maximum Gasteiger partial charge on any atom is 0.0414 e. The van der Waals surface area contributed by atoms with E-state index in [2.05, 4.69) is 56.9 Å². The summed E-state index contributed by atoms with van der Waals surface area (Å²) in [7, 11) is 0. The average Bonchev–Trinajstić information content (AvgIpc) is 2.43. The minimum absolute atomic E-state index is 0.146. The Bertz CT molecular complexity index is 349. The molecule has 0 saturated heterocycles. The van der Waals surface area contributed by atoms with Gasteiger partial charge in [0.1, 0.15) is 0 Å². The van der Waals surface area contributed by atoms with Gasteiger partial charge in [-0.15, -0.1) is 0 Å². The maximum absolute atomic E-state index is 6.22. The minimum Gasteiger partial charge on any atom is -0.371 e. The van der Waals surface area contributed by atoms with Gasteiger partial charge < -0.3 is 10.6 Å². The Morgan fingerprint density at radius 2 is 1.78 bits per heavy atom. The van der Waals surface area contributed by atoms with E-state index in [0.717, 1.165) is 25.4 Å². The van der Waals surface area contributed by atoms with Crippen molar-refractivity contribution in [3.05, 3.63) is 29.8 Å². The standard InChI is InChI=1S/C16H28N2/c1-5-13(4)12-18(7-3)16-11-9-8-10-14(16)15(17)6-2/h8-11,13,15H,5-7,12,17H2,1-4H3/t13?,15-/m0/s1. The predicted octanol–water partition coefficient (Wildman–Crippen LogP) is 3.97. The Kier molecular flexibility index (Phi) is 6.20. The number of nitrogens with two attached hydrogens (primary N) is 1. The number of rotatable bonds is 7. The summed E-state index contributed by atoms with van der Waals surface area (Å²) in [5, 5.41) is 0. The quantitative estimate of drug-likeness (QED) is 0.791. The summed E-state index contributed by atoms with van der Waals surface area (Å²) in [4.78, 5) is 2.46. The van der Waals surface area contributed by atoms with Gasteiger partial charge in [0.2, 0.25) is 0 Å². The molecule has 102 valence electrons. The van der Waals surface area contributed by atoms with Crippen LogP contribution in [0, 0.1) is 5.92 Å². The molecule has 0 amide bonds. The fourth-order valence-electron chi connectivity index (χ4n) is 2.21. The highest BCUT2D eigenvalue weighted by molar-refractivity contribution is 5.55. The molecule has 0 aromatic heterocycles. The summed E-state index contributed by atoms with van der Waals surface area (Å²) in [6, 6.07) is 8.72. The van der Waals surface area contributed by atoms with E-state index in [-0.39, 0.29) is 6.04 Å². The molecule has 2 N–H and O–H groups in total. The lowest BCUT2D eigenvalue weighted by Gasteiger charge is -2.29. The van der Waals surface area contributed by atoms with E-state index >= 15 is 0 Å². The number of hydrogen-bond acceptors (Lipinski definition) is 2. The van der Waals surface area contributed by atoms with Crippen molar-refractivity contribution in [1.82, 2.24) is 0 Å². The lowest BCUT2D eigenvalue weighted by Crippen LogP contribution is -2.29. The fraction of sp³-hybridized carbons (Fsp3) is 0.625. The lowest BCUT2D eigenvalue weighted by atomic mass is 10.0. The van der Waals surface area contributed by atoms with Crippen LogP contribution in [0.25, 0.3) is 0 Å². The van der Waals surface area contributed by atoms with E-state index in [0.29, 0.717) is 0 Å². The molecule has 0 heterocycles. The third-order valence-corrected chi connectivity index (χ3v) is 3.73. The molecule has 2 heteroatoms. The van der Waals surface area contributed by atoms with Crippen molar-refractivity contribution in [3.63, 3.8) is 0 Å². The summed E-state index contributed by atoms with van der Waals surface area (Å²) in [6.07, 6.45) is 2.20. The normalized spacial score (nSPS) is 14.3. The maximum atomic E-state index is 6.22. The van der Waals surface area contributed by atoms with Crippen molar-refractivity contribution in [3.8, 4) is 0 Å². The highest BCUT2D eigenvalue weighted by Gasteiger charge is 2.15. The first-order valence-corrected chi connectivity index (χ1v) is 7.23. The predicted molar refractivity (Wildman–Crippen MR) is 81.0 cm³/mol. The molecule has 1 unspecified atom stereocenters. The van der Waals surface area contributed by atoms with Crippen molar-refractivity contribution in [1.29, 1.82) is 0 Å². The van der Waals surface area contributed by atoms with Gasteiger partial charge in [0.05, 0.1) is 0 Å². The fourth-order valence-corrected chi connectivity index (χ4v) is 2.21. The first kappa shape index (κ1) is 15.0. The van der Waals surface area contributed by atoms with Gasteiger partial charge in [0.25, 0.3) is 0 Å². The zero-order valence-electron chi connectivity index (χ0n) is 12.3. The van der Waals surface area contributed by atoms with Crippen LogP contribution in [0.2, 0.25) is 0 Å². The molecule has 0 saturated carbocycles. The molecule has 0 aliphatic rings. The molecule has 0 fully saturated rings. The molecule has 2 atom stereocenters. The van der Waals surface area contributed by atoms with Gasteiger partial charge >= 0.3 is 0 Å². The molecule has 1 aromatic rings. The van der Waals surface area contributed by atoms with Crippen molar-refractivity contribution in [2.24, 2.45) is 11.7 Å². The topological polar surface area (TPSA) is 29.3 Å². The third-order valence-electron chi connectivity index (χ3n) is 3.73. The van der Waals surface area contributed by atoms with Gasteiger partial charge in [0, 0.05) is 24.8 Å². The average molecular weight is 248 g/mol. The van der Waals surface area contributed by atoms with Crippen molar-refractivity contribution in [2.45, 2.75) is 46.6 Å². The molecule has 18 heavy (non-hydrogen) atoms. The molecule has 0 aliphatic heterocycles. The molecular weight excluding hydrogens is 220 g/mol. The second-order valence-electron chi connectivity index (χ2n) is 5.13. The molecule has 1 aromatic carbocycles. The van der Waals surface area contributed by atoms with Gasteiger partial charge in [-0.25, -0.2) is 0 Å². The molecule has 1 rings (SSSR count). The first-order valence-electron chi connectivity index (χ1n) is 7.23. The van der Waals surface area contributed by atoms with Gasteiger partial charge in [-0.3, -0.25) is 0 Å². The van der Waals surface area contributed by atoms with Crippen LogP contribution in [0.15, 0.2) is 24.3 Å². The van der Waals surface area contributed by atoms with Crippen LogP contribution < -0.4 is 10.6 Å². The molecule has 0 aliphatic carbocycles. The number of anilines is 1. The van der Waals surface area contributed by atoms with Crippen LogP contribution >= 0.6 is 0 Å². The summed E-state index contributed by atoms with van der Waals surface area (Å²) >= 11 is 0. The van der Waals surface area contributed by atoms with E-state index in [1.807, 2.05) is 0 Å². The second-order valence-corrected chi connectivity index (χ2v) is 5.13. The van der Waals surface area contributed by atoms with E-state index in [9.17, 15) is 0 Å². The summed E-state index contributed by atoms with van der Waals surface area (Å²) in [5.41, 5.74) is 8.82. The number of para-hydroxylation sites is 1. The summed E-state index contributed by atoms with van der Waals surface area (Å²) in [5.74, 6) is 0.718. The van der Waals surface area contributed by atoms with Gasteiger partial charge in [0.15, 0.2) is 0 Å². The first-order chi connectivity index (χ1) is 8.63. The smallest absolute Gasteiger partial charge is 0.0414 e. The number of nitrogens with zero attached hydrogens (tertiary/aromatic N) is 1. The summed E-state index contributed by atoms with van der Waals surface area (Å²) < 4.78 is 0. The van der Waals surface area contributed by atoms with Crippen molar-refractivity contribution < 1.29 is 0 Å². The zero-order valence-corrected chi connectivity index (χ0v) is 12.3. The van der Waals surface area contributed by atoms with Gasteiger partial charge in [-0.1, -0.05) is 45.4 Å².